The van der Waals surface area contributed by atoms with Crippen molar-refractivity contribution in [1.82, 2.24) is 0 Å². The summed E-state index contributed by atoms with van der Waals surface area (Å²) in [7, 11) is 0. The van der Waals surface area contributed by atoms with E-state index in [9.17, 15) is 0 Å². The lowest BCUT2D eigenvalue weighted by Crippen LogP contribution is -2.78. The second kappa shape index (κ2) is 7.33. The van der Waals surface area contributed by atoms with Crippen molar-refractivity contribution in [1.29, 1.82) is 0 Å². The predicted octanol–water partition coefficient (Wildman–Crippen LogP) is 7.80. The zero-order chi connectivity index (χ0) is 22.2. The highest BCUT2D eigenvalue weighted by atomic mass is 15.2. The van der Waals surface area contributed by atoms with Crippen LogP contribution in [0.2, 0.25) is 0 Å². The van der Waals surface area contributed by atoms with Gasteiger partial charge in [0.1, 0.15) is 6.72 Å². The summed E-state index contributed by atoms with van der Waals surface area (Å²) < 4.78 is 2.78. The minimum Gasteiger partial charge on any atom is -0.235 e. The van der Waals surface area contributed by atoms with Crippen molar-refractivity contribution in [3.8, 4) is 0 Å². The molecule has 2 aliphatic heterocycles. The SMILES string of the molecule is C=[N+]1C2[C@H]3CC[C@@]24CCC[C@H]4[C@@]2(C/C=C(\C)CCC=C(C)C)[C@@H]1[C@@H](C(C)C)CC[C@@]32C. The fourth-order valence-electron chi connectivity index (χ4n) is 10.5. The standard InChI is InChI=1S/C30H48N/c1-20(2)10-8-11-22(5)13-19-30-25-12-9-16-29(25)18-15-24-27(29)31(7)26(30)23(21(3)4)14-17-28(24,30)6/h10,13,21,23-27H,7-9,11-12,14-19H2,1-6H3/q+1/b22-13+/t23-,24-,25-,26+,27?,28+,29-,30+/m1/s1. The van der Waals surface area contributed by atoms with Gasteiger partial charge in [-0.05, 0) is 95.8 Å². The molecule has 1 unspecified atom stereocenters. The van der Waals surface area contributed by atoms with Crippen LogP contribution in [0.3, 0.4) is 0 Å². The largest absolute Gasteiger partial charge is 0.235 e. The van der Waals surface area contributed by atoms with Gasteiger partial charge in [-0.25, -0.2) is 4.58 Å². The molecule has 6 rings (SSSR count). The van der Waals surface area contributed by atoms with Crippen LogP contribution in [0.25, 0.3) is 0 Å². The summed E-state index contributed by atoms with van der Waals surface area (Å²) in [4.78, 5) is 0. The minimum atomic E-state index is 0.451. The average Bonchev–Trinajstić information content (AvgIpc) is 3.29. The van der Waals surface area contributed by atoms with Gasteiger partial charge in [-0.1, -0.05) is 50.5 Å². The Morgan fingerprint density at radius 3 is 2.52 bits per heavy atom. The van der Waals surface area contributed by atoms with Crippen molar-refractivity contribution in [3.05, 3.63) is 23.3 Å². The van der Waals surface area contributed by atoms with Crippen LogP contribution in [-0.4, -0.2) is 23.4 Å². The Labute approximate surface area is 192 Å². The maximum Gasteiger partial charge on any atom is 0.162 e. The smallest absolute Gasteiger partial charge is 0.162 e. The van der Waals surface area contributed by atoms with E-state index in [-0.39, 0.29) is 0 Å². The minimum absolute atomic E-state index is 0.451. The number of rotatable bonds is 6. The molecule has 4 aliphatic carbocycles. The fourth-order valence-corrected chi connectivity index (χ4v) is 10.5. The van der Waals surface area contributed by atoms with Crippen LogP contribution in [0.1, 0.15) is 106 Å². The highest BCUT2D eigenvalue weighted by Gasteiger charge is 2.84. The van der Waals surface area contributed by atoms with Crippen LogP contribution in [0, 0.1) is 39.9 Å². The first-order chi connectivity index (χ1) is 14.7. The van der Waals surface area contributed by atoms with Crippen molar-refractivity contribution >= 4 is 6.72 Å². The lowest BCUT2D eigenvalue weighted by atomic mass is 9.33. The highest BCUT2D eigenvalue weighted by Crippen LogP contribution is 2.82. The van der Waals surface area contributed by atoms with E-state index in [1.165, 1.54) is 69.8 Å². The molecule has 0 amide bonds. The number of hydrogen-bond acceptors (Lipinski definition) is 0. The van der Waals surface area contributed by atoms with E-state index in [1.807, 2.05) is 0 Å². The first-order valence-corrected chi connectivity index (χ1v) is 13.6. The second-order valence-electron chi connectivity index (χ2n) is 13.2. The lowest BCUT2D eigenvalue weighted by molar-refractivity contribution is -0.694. The van der Waals surface area contributed by atoms with E-state index in [2.05, 4.69) is 58.3 Å². The van der Waals surface area contributed by atoms with Crippen molar-refractivity contribution in [2.24, 2.45) is 39.9 Å². The van der Waals surface area contributed by atoms with E-state index >= 15 is 0 Å². The molecule has 6 bridgehead atoms. The topological polar surface area (TPSA) is 3.01 Å². The van der Waals surface area contributed by atoms with E-state index in [0.717, 1.165) is 29.7 Å². The second-order valence-corrected chi connectivity index (χ2v) is 13.2. The molecule has 4 saturated carbocycles. The summed E-state index contributed by atoms with van der Waals surface area (Å²) in [5.41, 5.74) is 4.65. The van der Waals surface area contributed by atoms with Gasteiger partial charge in [0.05, 0.1) is 0 Å². The molecule has 1 nitrogen and oxygen atoms in total. The molecule has 0 N–H and O–H groups in total. The summed E-state index contributed by atoms with van der Waals surface area (Å²) in [6.07, 6.45) is 19.2. The van der Waals surface area contributed by atoms with Gasteiger partial charge in [-0.15, -0.1) is 0 Å². The molecule has 0 aromatic carbocycles. The molecule has 1 heteroatoms. The molecule has 8 atom stereocenters. The van der Waals surface area contributed by atoms with Gasteiger partial charge in [-0.2, -0.15) is 0 Å². The third-order valence-corrected chi connectivity index (χ3v) is 11.6. The van der Waals surface area contributed by atoms with Crippen LogP contribution in [0.15, 0.2) is 23.3 Å². The molecule has 1 spiro atoms. The van der Waals surface area contributed by atoms with Gasteiger partial charge in [0.25, 0.3) is 0 Å². The number of nitrogens with zero attached hydrogens (tertiary/aromatic N) is 1. The van der Waals surface area contributed by atoms with Gasteiger partial charge in [0, 0.05) is 22.7 Å². The first-order valence-electron chi connectivity index (χ1n) is 13.6. The monoisotopic (exact) mass is 422 g/mol. The molecule has 172 valence electrons. The zero-order valence-electron chi connectivity index (χ0n) is 21.3. The Morgan fingerprint density at radius 2 is 1.81 bits per heavy atom. The van der Waals surface area contributed by atoms with Gasteiger partial charge in [0.15, 0.2) is 12.1 Å². The van der Waals surface area contributed by atoms with E-state index in [4.69, 9.17) is 6.72 Å². The molecule has 2 heterocycles. The van der Waals surface area contributed by atoms with Crippen molar-refractivity contribution in [3.63, 3.8) is 0 Å². The van der Waals surface area contributed by atoms with Gasteiger partial charge >= 0.3 is 0 Å². The third kappa shape index (κ3) is 2.70. The Hall–Kier alpha value is -0.850. The van der Waals surface area contributed by atoms with Crippen LogP contribution in [-0.2, 0) is 0 Å². The fraction of sp³-hybridized carbons (Fsp3) is 0.833. The van der Waals surface area contributed by atoms with Gasteiger partial charge in [-0.3, -0.25) is 0 Å². The summed E-state index contributed by atoms with van der Waals surface area (Å²) >= 11 is 0. The molecule has 6 fully saturated rings. The molecule has 6 aliphatic rings. The summed E-state index contributed by atoms with van der Waals surface area (Å²) in [6.45, 7) is 19.5. The van der Waals surface area contributed by atoms with Crippen molar-refractivity contribution in [2.75, 3.05) is 0 Å². The van der Waals surface area contributed by atoms with E-state index in [0.29, 0.717) is 22.3 Å². The third-order valence-electron chi connectivity index (χ3n) is 11.6. The van der Waals surface area contributed by atoms with E-state index in [1.54, 1.807) is 5.57 Å². The number of hydrogen-bond donors (Lipinski definition) is 0. The quantitative estimate of drug-likeness (QED) is 0.303. The molecule has 0 radical (unpaired) electrons. The molecular formula is C30H48N+. The van der Waals surface area contributed by atoms with Crippen LogP contribution in [0.5, 0.6) is 0 Å². The maximum atomic E-state index is 4.91. The Bertz CT molecular complexity index is 812. The molecular weight excluding hydrogens is 374 g/mol. The summed E-state index contributed by atoms with van der Waals surface area (Å²) in [5, 5.41) is 0. The number of allylic oxidation sites excluding steroid dienone is 4. The summed E-state index contributed by atoms with van der Waals surface area (Å²) in [5.74, 6) is 3.43. The first kappa shape index (κ1) is 22.0. The number of piperidine rings is 2. The Balaban J connectivity index is 1.59. The normalized spacial score (nSPS) is 47.8. The van der Waals surface area contributed by atoms with Crippen LogP contribution in [0.4, 0.5) is 0 Å². The summed E-state index contributed by atoms with van der Waals surface area (Å²) in [6, 6.07) is 1.48. The van der Waals surface area contributed by atoms with E-state index < -0.39 is 0 Å². The maximum absolute atomic E-state index is 4.91. The molecule has 31 heavy (non-hydrogen) atoms. The Kier molecular flexibility index (Phi) is 5.19. The molecule has 0 aromatic rings. The van der Waals surface area contributed by atoms with Crippen molar-refractivity contribution < 1.29 is 4.58 Å². The Morgan fingerprint density at radius 1 is 1.03 bits per heavy atom. The predicted molar refractivity (Wildman–Crippen MR) is 133 cm³/mol. The average molecular weight is 423 g/mol. The molecule has 0 aromatic heterocycles. The lowest BCUT2D eigenvalue weighted by Gasteiger charge is -2.72. The zero-order valence-corrected chi connectivity index (χ0v) is 21.3. The highest BCUT2D eigenvalue weighted by molar-refractivity contribution is 5.31. The molecule has 2 saturated heterocycles. The van der Waals surface area contributed by atoms with Gasteiger partial charge in [0.2, 0.25) is 0 Å². The van der Waals surface area contributed by atoms with Gasteiger partial charge < -0.3 is 0 Å². The van der Waals surface area contributed by atoms with Crippen LogP contribution < -0.4 is 0 Å². The van der Waals surface area contributed by atoms with Crippen molar-refractivity contribution in [2.45, 2.75) is 118 Å². The van der Waals surface area contributed by atoms with Crippen LogP contribution >= 0.6 is 0 Å².